The van der Waals surface area contributed by atoms with Crippen molar-refractivity contribution in [2.75, 3.05) is 6.54 Å². The molecule has 0 spiro atoms. The van der Waals surface area contributed by atoms with Gasteiger partial charge in [-0.2, -0.15) is 0 Å². The lowest BCUT2D eigenvalue weighted by Gasteiger charge is -2.25. The van der Waals surface area contributed by atoms with Crippen molar-refractivity contribution in [2.45, 2.75) is 33.2 Å². The first-order valence-electron chi connectivity index (χ1n) is 5.57. The lowest BCUT2D eigenvalue weighted by Crippen LogP contribution is -2.39. The largest absolute Gasteiger partial charge is 0.459 e. The molecule has 0 fully saturated rings. The molecule has 0 radical (unpaired) electrons. The second-order valence-corrected chi connectivity index (χ2v) is 4.77. The quantitative estimate of drug-likeness (QED) is 0.818. The van der Waals surface area contributed by atoms with Gasteiger partial charge in [0.1, 0.15) is 0 Å². The van der Waals surface area contributed by atoms with Crippen LogP contribution in [0, 0.1) is 6.92 Å². The zero-order valence-electron chi connectivity index (χ0n) is 10.4. The maximum Gasteiger partial charge on any atom is 0.290 e. The summed E-state index contributed by atoms with van der Waals surface area (Å²) in [5, 5.41) is 0. The number of carbonyl (C=O) groups excluding carboxylic acids is 1. The molecule has 0 unspecified atom stereocenters. The van der Waals surface area contributed by atoms with Gasteiger partial charge < -0.3 is 15.1 Å². The van der Waals surface area contributed by atoms with E-state index in [1.54, 1.807) is 11.0 Å². The minimum Gasteiger partial charge on any atom is -0.459 e. The lowest BCUT2D eigenvalue weighted by molar-refractivity contribution is 0.0678. The molecule has 0 saturated carbocycles. The summed E-state index contributed by atoms with van der Waals surface area (Å²) >= 11 is 4.83. The van der Waals surface area contributed by atoms with Crippen molar-refractivity contribution in [3.63, 3.8) is 0 Å². The number of carbonyl (C=O) groups is 1. The second kappa shape index (κ2) is 5.82. The van der Waals surface area contributed by atoms with Crippen LogP contribution in [0.5, 0.6) is 0 Å². The average molecular weight is 254 g/mol. The van der Waals surface area contributed by atoms with E-state index in [1.807, 2.05) is 20.8 Å². The van der Waals surface area contributed by atoms with E-state index in [2.05, 4.69) is 0 Å². The Bertz CT molecular complexity index is 412. The van der Waals surface area contributed by atoms with Crippen molar-refractivity contribution in [1.82, 2.24) is 4.90 Å². The van der Waals surface area contributed by atoms with Gasteiger partial charge in [0.15, 0.2) is 5.76 Å². The summed E-state index contributed by atoms with van der Waals surface area (Å²) in [5.74, 6) is 0.278. The summed E-state index contributed by atoms with van der Waals surface area (Å²) in [4.78, 5) is 14.4. The van der Waals surface area contributed by atoms with Crippen LogP contribution in [-0.2, 0) is 0 Å². The highest BCUT2D eigenvalue weighted by Crippen LogP contribution is 2.14. The Labute approximate surface area is 107 Å². The summed E-state index contributed by atoms with van der Waals surface area (Å²) in [6.45, 7) is 6.28. The SMILES string of the molecule is Cc1ccoc1C(=O)N(CCC(N)=S)C(C)C. The van der Waals surface area contributed by atoms with Crippen molar-refractivity contribution < 1.29 is 9.21 Å². The van der Waals surface area contributed by atoms with Crippen LogP contribution in [0.15, 0.2) is 16.7 Å². The molecule has 1 rings (SSSR count). The number of thiocarbonyl (C=S) groups is 1. The number of nitrogens with two attached hydrogens (primary N) is 1. The standard InChI is InChI=1S/C12H18N2O2S/c1-8(2)14(6-4-10(13)17)12(15)11-9(3)5-7-16-11/h5,7-8H,4,6H2,1-3H3,(H2,13,17). The number of nitrogens with zero attached hydrogens (tertiary/aromatic N) is 1. The summed E-state index contributed by atoms with van der Waals surface area (Å²) in [6.07, 6.45) is 2.05. The van der Waals surface area contributed by atoms with Gasteiger partial charge in [-0.1, -0.05) is 12.2 Å². The fourth-order valence-corrected chi connectivity index (χ4v) is 1.64. The van der Waals surface area contributed by atoms with Crippen molar-refractivity contribution >= 4 is 23.1 Å². The molecular formula is C12H18N2O2S. The molecule has 17 heavy (non-hydrogen) atoms. The summed E-state index contributed by atoms with van der Waals surface area (Å²) in [7, 11) is 0. The molecule has 4 nitrogen and oxygen atoms in total. The zero-order valence-corrected chi connectivity index (χ0v) is 11.2. The Morgan fingerprint density at radius 1 is 1.59 bits per heavy atom. The molecule has 0 aliphatic rings. The molecule has 1 aromatic heterocycles. The lowest BCUT2D eigenvalue weighted by atomic mass is 10.2. The highest BCUT2D eigenvalue weighted by Gasteiger charge is 2.22. The molecule has 0 aromatic carbocycles. The van der Waals surface area contributed by atoms with E-state index in [-0.39, 0.29) is 11.9 Å². The Kier molecular flexibility index (Phi) is 4.69. The van der Waals surface area contributed by atoms with Crippen molar-refractivity contribution in [2.24, 2.45) is 5.73 Å². The smallest absolute Gasteiger partial charge is 0.290 e. The van der Waals surface area contributed by atoms with E-state index in [0.29, 0.717) is 23.7 Å². The van der Waals surface area contributed by atoms with Gasteiger partial charge in [0.2, 0.25) is 0 Å². The summed E-state index contributed by atoms with van der Waals surface area (Å²) < 4.78 is 5.21. The second-order valence-electron chi connectivity index (χ2n) is 4.24. The summed E-state index contributed by atoms with van der Waals surface area (Å²) in [6, 6.07) is 1.86. The van der Waals surface area contributed by atoms with Gasteiger partial charge in [-0.25, -0.2) is 0 Å². The Balaban J connectivity index is 2.81. The third kappa shape index (κ3) is 3.56. The van der Waals surface area contributed by atoms with Crippen LogP contribution in [0.1, 0.15) is 36.4 Å². The van der Waals surface area contributed by atoms with E-state index in [0.717, 1.165) is 5.56 Å². The Morgan fingerprint density at radius 3 is 2.65 bits per heavy atom. The number of aryl methyl sites for hydroxylation is 1. The van der Waals surface area contributed by atoms with Crippen molar-refractivity contribution in [3.05, 3.63) is 23.7 Å². The van der Waals surface area contributed by atoms with E-state index in [1.165, 1.54) is 6.26 Å². The Morgan fingerprint density at radius 2 is 2.24 bits per heavy atom. The van der Waals surface area contributed by atoms with E-state index in [4.69, 9.17) is 22.4 Å². The zero-order chi connectivity index (χ0) is 13.0. The number of amides is 1. The third-order valence-electron chi connectivity index (χ3n) is 2.54. The fourth-order valence-electron chi connectivity index (χ4n) is 1.55. The van der Waals surface area contributed by atoms with Gasteiger partial charge in [-0.3, -0.25) is 4.79 Å². The minimum absolute atomic E-state index is 0.0846. The maximum absolute atomic E-state index is 12.2. The Hall–Kier alpha value is -1.36. The molecule has 1 heterocycles. The van der Waals surface area contributed by atoms with E-state index >= 15 is 0 Å². The van der Waals surface area contributed by atoms with Crippen LogP contribution in [-0.4, -0.2) is 28.4 Å². The van der Waals surface area contributed by atoms with Crippen molar-refractivity contribution in [1.29, 1.82) is 0 Å². The van der Waals surface area contributed by atoms with E-state index in [9.17, 15) is 4.79 Å². The van der Waals surface area contributed by atoms with Gasteiger partial charge in [-0.05, 0) is 26.8 Å². The van der Waals surface area contributed by atoms with Crippen LogP contribution in [0.2, 0.25) is 0 Å². The number of rotatable bonds is 5. The normalized spacial score (nSPS) is 10.6. The molecule has 94 valence electrons. The first-order chi connectivity index (χ1) is 7.93. The van der Waals surface area contributed by atoms with Gasteiger partial charge in [0.05, 0.1) is 11.3 Å². The number of hydrogen-bond donors (Lipinski definition) is 1. The van der Waals surface area contributed by atoms with E-state index < -0.39 is 0 Å². The maximum atomic E-state index is 12.2. The average Bonchev–Trinajstić information content (AvgIpc) is 2.63. The fraction of sp³-hybridized carbons (Fsp3) is 0.500. The van der Waals surface area contributed by atoms with Gasteiger partial charge >= 0.3 is 0 Å². The molecule has 5 heteroatoms. The monoisotopic (exact) mass is 254 g/mol. The van der Waals surface area contributed by atoms with Crippen LogP contribution in [0.3, 0.4) is 0 Å². The molecule has 0 atom stereocenters. The van der Waals surface area contributed by atoms with Crippen LogP contribution >= 0.6 is 12.2 Å². The molecule has 0 saturated heterocycles. The van der Waals surface area contributed by atoms with Gasteiger partial charge in [-0.15, -0.1) is 0 Å². The third-order valence-corrected chi connectivity index (χ3v) is 2.74. The molecule has 0 bridgehead atoms. The van der Waals surface area contributed by atoms with Crippen LogP contribution in [0.4, 0.5) is 0 Å². The van der Waals surface area contributed by atoms with Crippen LogP contribution in [0.25, 0.3) is 0 Å². The van der Waals surface area contributed by atoms with Crippen molar-refractivity contribution in [3.8, 4) is 0 Å². The number of hydrogen-bond acceptors (Lipinski definition) is 3. The molecular weight excluding hydrogens is 236 g/mol. The summed E-state index contributed by atoms with van der Waals surface area (Å²) in [5.41, 5.74) is 6.30. The molecule has 1 aromatic rings. The topological polar surface area (TPSA) is 59.5 Å². The molecule has 1 amide bonds. The highest BCUT2D eigenvalue weighted by molar-refractivity contribution is 7.80. The van der Waals surface area contributed by atoms with Gasteiger partial charge in [0, 0.05) is 24.6 Å². The van der Waals surface area contributed by atoms with Gasteiger partial charge in [0.25, 0.3) is 5.91 Å². The first-order valence-corrected chi connectivity index (χ1v) is 5.97. The molecule has 0 aliphatic heterocycles. The molecule has 2 N–H and O–H groups in total. The minimum atomic E-state index is -0.112. The van der Waals surface area contributed by atoms with Crippen LogP contribution < -0.4 is 5.73 Å². The predicted octanol–water partition coefficient (Wildman–Crippen LogP) is 2.11. The molecule has 0 aliphatic carbocycles. The number of furan rings is 1. The predicted molar refractivity (Wildman–Crippen MR) is 71.0 cm³/mol. The first kappa shape index (κ1) is 13.7. The highest BCUT2D eigenvalue weighted by atomic mass is 32.1.